The molecule has 0 aromatic carbocycles. The summed E-state index contributed by atoms with van der Waals surface area (Å²) in [5, 5.41) is 5.84. The first-order valence-electron chi connectivity index (χ1n) is 8.60. The van der Waals surface area contributed by atoms with Gasteiger partial charge >= 0.3 is 0 Å². The lowest BCUT2D eigenvalue weighted by molar-refractivity contribution is 0.0954. The third-order valence-corrected chi connectivity index (χ3v) is 4.09. The van der Waals surface area contributed by atoms with Gasteiger partial charge in [-0.15, -0.1) is 0 Å². The fourth-order valence-electron chi connectivity index (χ4n) is 2.73. The summed E-state index contributed by atoms with van der Waals surface area (Å²) in [6.07, 6.45) is 6.80. The molecule has 1 amide bonds. The maximum absolute atomic E-state index is 12.2. The molecule has 7 nitrogen and oxygen atoms in total. The first-order chi connectivity index (χ1) is 11.7. The Morgan fingerprint density at radius 1 is 1.12 bits per heavy atom. The molecule has 7 heteroatoms. The van der Waals surface area contributed by atoms with E-state index in [-0.39, 0.29) is 18.2 Å². The van der Waals surface area contributed by atoms with Gasteiger partial charge in [0.1, 0.15) is 0 Å². The zero-order valence-corrected chi connectivity index (χ0v) is 14.1. The highest BCUT2D eigenvalue weighted by atomic mass is 16.1. The van der Waals surface area contributed by atoms with Gasteiger partial charge in [-0.2, -0.15) is 0 Å². The minimum absolute atomic E-state index is 0.0605. The van der Waals surface area contributed by atoms with Crippen LogP contribution in [0.4, 0.5) is 0 Å². The quantitative estimate of drug-likeness (QED) is 0.435. The lowest BCUT2D eigenvalue weighted by Gasteiger charge is -2.26. The Hall–Kier alpha value is -1.83. The normalized spacial score (nSPS) is 15.2. The number of hydrogen-bond donors (Lipinski definition) is 3. The second-order valence-electron chi connectivity index (χ2n) is 6.01. The van der Waals surface area contributed by atoms with E-state index in [1.54, 1.807) is 6.07 Å². The number of nitrogens with one attached hydrogen (secondary N) is 2. The van der Waals surface area contributed by atoms with Crippen molar-refractivity contribution >= 4 is 11.7 Å². The van der Waals surface area contributed by atoms with E-state index in [1.165, 1.54) is 31.7 Å². The van der Waals surface area contributed by atoms with Crippen LogP contribution in [-0.2, 0) is 0 Å². The summed E-state index contributed by atoms with van der Waals surface area (Å²) in [5.41, 5.74) is 6.18. The van der Waals surface area contributed by atoms with Crippen molar-refractivity contribution in [3.63, 3.8) is 0 Å². The molecule has 1 aromatic rings. The monoisotopic (exact) mass is 333 g/mol. The van der Waals surface area contributed by atoms with Crippen molar-refractivity contribution in [2.24, 2.45) is 5.73 Å². The van der Waals surface area contributed by atoms with E-state index < -0.39 is 0 Å². The van der Waals surface area contributed by atoms with Gasteiger partial charge in [-0.05, 0) is 32.0 Å². The standard InChI is InChI=1S/C17H27N5O2/c18-4-5-21-17(24)15-10-14(11-20-12-15)16(23)13-19-6-9-22-7-2-1-3-8-22/h10-12,19H,1-9,13,18H2,(H,21,24). The van der Waals surface area contributed by atoms with Gasteiger partial charge in [0, 0.05) is 44.1 Å². The van der Waals surface area contributed by atoms with Gasteiger partial charge in [0.25, 0.3) is 5.91 Å². The molecule has 1 aliphatic heterocycles. The molecule has 1 fully saturated rings. The third-order valence-electron chi connectivity index (χ3n) is 4.09. The molecule has 0 spiro atoms. The maximum atomic E-state index is 12.2. The molecule has 0 atom stereocenters. The van der Waals surface area contributed by atoms with E-state index in [2.05, 4.69) is 20.5 Å². The van der Waals surface area contributed by atoms with Crippen LogP contribution in [0.1, 0.15) is 40.0 Å². The Bertz CT molecular complexity index is 544. The van der Waals surface area contributed by atoms with Gasteiger partial charge in [-0.1, -0.05) is 6.42 Å². The number of hydrogen-bond acceptors (Lipinski definition) is 6. The molecular weight excluding hydrogens is 306 g/mol. The molecule has 2 heterocycles. The van der Waals surface area contributed by atoms with Crippen LogP contribution < -0.4 is 16.4 Å². The number of carbonyl (C=O) groups excluding carboxylic acids is 2. The molecule has 24 heavy (non-hydrogen) atoms. The van der Waals surface area contributed by atoms with Crippen LogP contribution in [0.25, 0.3) is 0 Å². The van der Waals surface area contributed by atoms with Crippen LogP contribution in [0.5, 0.6) is 0 Å². The average Bonchev–Trinajstić information content (AvgIpc) is 2.64. The van der Waals surface area contributed by atoms with Crippen molar-refractivity contribution < 1.29 is 9.59 Å². The minimum Gasteiger partial charge on any atom is -0.351 e. The van der Waals surface area contributed by atoms with Crippen molar-refractivity contribution in [1.29, 1.82) is 0 Å². The van der Waals surface area contributed by atoms with Gasteiger partial charge in [0.05, 0.1) is 12.1 Å². The molecule has 0 unspecified atom stereocenters. The smallest absolute Gasteiger partial charge is 0.252 e. The topological polar surface area (TPSA) is 100 Å². The van der Waals surface area contributed by atoms with Crippen molar-refractivity contribution in [1.82, 2.24) is 20.5 Å². The summed E-state index contributed by atoms with van der Waals surface area (Å²) in [6.45, 7) is 5.08. The summed E-state index contributed by atoms with van der Waals surface area (Å²) >= 11 is 0. The fraction of sp³-hybridized carbons (Fsp3) is 0.588. The third kappa shape index (κ3) is 5.99. The number of nitrogens with two attached hydrogens (primary N) is 1. The number of carbonyl (C=O) groups is 2. The van der Waals surface area contributed by atoms with Crippen LogP contribution >= 0.6 is 0 Å². The number of aromatic nitrogens is 1. The van der Waals surface area contributed by atoms with E-state index >= 15 is 0 Å². The Labute approximate surface area is 143 Å². The molecule has 1 aliphatic rings. The second kappa shape index (κ2) is 10.1. The highest BCUT2D eigenvalue weighted by Gasteiger charge is 2.12. The van der Waals surface area contributed by atoms with Crippen LogP contribution in [0.3, 0.4) is 0 Å². The predicted molar refractivity (Wildman–Crippen MR) is 93.1 cm³/mol. The van der Waals surface area contributed by atoms with Crippen LogP contribution in [0.2, 0.25) is 0 Å². The largest absolute Gasteiger partial charge is 0.351 e. The summed E-state index contributed by atoms with van der Waals surface area (Å²) in [7, 11) is 0. The van der Waals surface area contributed by atoms with E-state index in [0.29, 0.717) is 24.2 Å². The zero-order chi connectivity index (χ0) is 17.2. The van der Waals surface area contributed by atoms with E-state index in [1.807, 2.05) is 0 Å². The SMILES string of the molecule is NCCNC(=O)c1cncc(C(=O)CNCCN2CCCCC2)c1. The molecule has 4 N–H and O–H groups in total. The van der Waals surface area contributed by atoms with Gasteiger partial charge < -0.3 is 21.3 Å². The molecule has 0 bridgehead atoms. The molecule has 1 saturated heterocycles. The first kappa shape index (κ1) is 18.5. The Kier molecular flexibility index (Phi) is 7.81. The summed E-state index contributed by atoms with van der Waals surface area (Å²) in [4.78, 5) is 30.5. The van der Waals surface area contributed by atoms with Crippen molar-refractivity contribution in [2.75, 3.05) is 45.8 Å². The van der Waals surface area contributed by atoms with E-state index in [9.17, 15) is 9.59 Å². The lowest BCUT2D eigenvalue weighted by atomic mass is 10.1. The van der Waals surface area contributed by atoms with Crippen LogP contribution in [0.15, 0.2) is 18.5 Å². The highest BCUT2D eigenvalue weighted by molar-refractivity contribution is 6.01. The zero-order valence-electron chi connectivity index (χ0n) is 14.1. The summed E-state index contributed by atoms with van der Waals surface area (Å²) in [5.74, 6) is -0.324. The number of amides is 1. The summed E-state index contributed by atoms with van der Waals surface area (Å²) in [6, 6.07) is 1.58. The van der Waals surface area contributed by atoms with E-state index in [4.69, 9.17) is 5.73 Å². The van der Waals surface area contributed by atoms with Gasteiger partial charge in [-0.25, -0.2) is 0 Å². The first-order valence-corrected chi connectivity index (χ1v) is 8.60. The van der Waals surface area contributed by atoms with Gasteiger partial charge in [0.2, 0.25) is 0 Å². The number of likely N-dealkylation sites (tertiary alicyclic amines) is 1. The molecule has 1 aromatic heterocycles. The number of nitrogens with zero attached hydrogens (tertiary/aromatic N) is 2. The Morgan fingerprint density at radius 2 is 1.88 bits per heavy atom. The molecule has 2 rings (SSSR count). The number of piperidine rings is 1. The van der Waals surface area contributed by atoms with Crippen molar-refractivity contribution in [3.05, 3.63) is 29.6 Å². The van der Waals surface area contributed by atoms with Crippen LogP contribution in [0, 0.1) is 0 Å². The fourth-order valence-corrected chi connectivity index (χ4v) is 2.73. The maximum Gasteiger partial charge on any atom is 0.252 e. The number of ketones is 1. The second-order valence-corrected chi connectivity index (χ2v) is 6.01. The average molecular weight is 333 g/mol. The molecule has 0 saturated carbocycles. The van der Waals surface area contributed by atoms with Crippen molar-refractivity contribution in [2.45, 2.75) is 19.3 Å². The van der Waals surface area contributed by atoms with Crippen LogP contribution in [-0.4, -0.2) is 67.4 Å². The molecule has 0 radical (unpaired) electrons. The number of pyridine rings is 1. The van der Waals surface area contributed by atoms with E-state index in [0.717, 1.165) is 26.2 Å². The Morgan fingerprint density at radius 3 is 2.62 bits per heavy atom. The molecular formula is C17H27N5O2. The van der Waals surface area contributed by atoms with Gasteiger partial charge in [0.15, 0.2) is 5.78 Å². The highest BCUT2D eigenvalue weighted by Crippen LogP contribution is 2.07. The van der Waals surface area contributed by atoms with Gasteiger partial charge in [-0.3, -0.25) is 14.6 Å². The lowest BCUT2D eigenvalue weighted by Crippen LogP contribution is -2.37. The minimum atomic E-state index is -0.263. The number of Topliss-reactive ketones (excluding diaryl/α,β-unsaturated/α-hetero) is 1. The summed E-state index contributed by atoms with van der Waals surface area (Å²) < 4.78 is 0. The molecule has 132 valence electrons. The number of rotatable bonds is 9. The van der Waals surface area contributed by atoms with Crippen molar-refractivity contribution in [3.8, 4) is 0 Å². The molecule has 0 aliphatic carbocycles. The predicted octanol–water partition coefficient (Wildman–Crippen LogP) is 0.0283. The Balaban J connectivity index is 1.76.